The average molecular weight is 248 g/mol. The second-order valence-corrected chi connectivity index (χ2v) is 4.72. The van der Waals surface area contributed by atoms with E-state index in [9.17, 15) is 4.79 Å². The molecule has 72 valence electrons. The largest absolute Gasteiger partial charge is 0.279 e. The number of carbonyl (C=O) groups is 1. The summed E-state index contributed by atoms with van der Waals surface area (Å²) < 4.78 is -1.70. The first kappa shape index (κ1) is 11.4. The number of carbonyl (C=O) groups excluding carboxylic acids is 1. The van der Waals surface area contributed by atoms with Crippen LogP contribution < -0.4 is 0 Å². The van der Waals surface area contributed by atoms with Gasteiger partial charge in [0.25, 0.3) is 3.79 Å². The van der Waals surface area contributed by atoms with E-state index in [1.54, 1.807) is 30.3 Å². The molecule has 0 heterocycles. The van der Waals surface area contributed by atoms with Crippen molar-refractivity contribution in [3.05, 3.63) is 35.9 Å². The van der Waals surface area contributed by atoms with Crippen molar-refractivity contribution in [1.29, 1.82) is 0 Å². The summed E-state index contributed by atoms with van der Waals surface area (Å²) in [7, 11) is 0. The Balaban J connectivity index is 2.82. The molecule has 1 rings (SSSR count). The molecule has 1 aromatic carbocycles. The summed E-state index contributed by atoms with van der Waals surface area (Å²) in [6, 6.07) is 8.58. The highest BCUT2D eigenvalue weighted by atomic mass is 35.6. The molecule has 0 atom stereocenters. The fraction of sp³-hybridized carbons (Fsp3) is 0.100. The van der Waals surface area contributed by atoms with Crippen LogP contribution in [0.25, 0.3) is 0 Å². The molecule has 0 fully saturated rings. The van der Waals surface area contributed by atoms with Gasteiger partial charge < -0.3 is 0 Å². The van der Waals surface area contributed by atoms with Crippen molar-refractivity contribution in [3.8, 4) is 11.8 Å². The van der Waals surface area contributed by atoms with Gasteiger partial charge >= 0.3 is 0 Å². The quantitative estimate of drug-likeness (QED) is 0.322. The molecule has 0 aliphatic carbocycles. The Morgan fingerprint density at radius 3 is 2.21 bits per heavy atom. The van der Waals surface area contributed by atoms with Crippen LogP contribution in [0.15, 0.2) is 30.3 Å². The van der Waals surface area contributed by atoms with Gasteiger partial charge in [0.2, 0.25) is 5.78 Å². The van der Waals surface area contributed by atoms with E-state index in [1.165, 1.54) is 0 Å². The molecule has 0 saturated carbocycles. The molecule has 0 spiro atoms. The standard InChI is InChI=1S/C10H5Cl3O/c11-10(12,13)7-6-9(14)8-4-2-1-3-5-8/h1-5H. The summed E-state index contributed by atoms with van der Waals surface area (Å²) in [6.07, 6.45) is 0. The van der Waals surface area contributed by atoms with Crippen molar-refractivity contribution in [2.45, 2.75) is 3.79 Å². The molecule has 0 bridgehead atoms. The lowest BCUT2D eigenvalue weighted by Crippen LogP contribution is -1.99. The highest BCUT2D eigenvalue weighted by Gasteiger charge is 2.15. The van der Waals surface area contributed by atoms with Gasteiger partial charge in [0.05, 0.1) is 0 Å². The molecule has 4 heteroatoms. The van der Waals surface area contributed by atoms with Crippen LogP contribution in [-0.2, 0) is 0 Å². The van der Waals surface area contributed by atoms with Crippen molar-refractivity contribution < 1.29 is 4.79 Å². The third-order valence-electron chi connectivity index (χ3n) is 1.35. The van der Waals surface area contributed by atoms with Gasteiger partial charge in [0, 0.05) is 5.56 Å². The summed E-state index contributed by atoms with van der Waals surface area (Å²) in [5.41, 5.74) is 0.481. The van der Waals surface area contributed by atoms with Crippen LogP contribution in [-0.4, -0.2) is 9.58 Å². The molecule has 0 aromatic heterocycles. The van der Waals surface area contributed by atoms with Crippen LogP contribution in [0, 0.1) is 11.8 Å². The number of benzene rings is 1. The topological polar surface area (TPSA) is 17.1 Å². The molecule has 14 heavy (non-hydrogen) atoms. The Labute approximate surface area is 97.0 Å². The SMILES string of the molecule is O=C(C#CC(Cl)(Cl)Cl)c1ccccc1. The summed E-state index contributed by atoms with van der Waals surface area (Å²) >= 11 is 16.1. The summed E-state index contributed by atoms with van der Waals surface area (Å²) in [5, 5.41) is 0. The van der Waals surface area contributed by atoms with E-state index in [4.69, 9.17) is 34.8 Å². The van der Waals surface area contributed by atoms with E-state index in [0.29, 0.717) is 5.56 Å². The first-order valence-corrected chi connectivity index (χ1v) is 4.82. The van der Waals surface area contributed by atoms with Crippen molar-refractivity contribution in [2.24, 2.45) is 0 Å². The minimum Gasteiger partial charge on any atom is -0.279 e. The fourth-order valence-corrected chi connectivity index (χ4v) is 0.931. The number of ketones is 1. The van der Waals surface area contributed by atoms with Crippen LogP contribution in [0.3, 0.4) is 0 Å². The molecule has 1 nitrogen and oxygen atoms in total. The van der Waals surface area contributed by atoms with E-state index < -0.39 is 3.79 Å². The van der Waals surface area contributed by atoms with Gasteiger partial charge in [-0.05, 0) is 11.8 Å². The zero-order chi connectivity index (χ0) is 10.6. The Kier molecular flexibility index (Phi) is 3.83. The van der Waals surface area contributed by atoms with E-state index in [2.05, 4.69) is 11.8 Å². The average Bonchev–Trinajstić information content (AvgIpc) is 2.14. The van der Waals surface area contributed by atoms with Crippen molar-refractivity contribution in [3.63, 3.8) is 0 Å². The smallest absolute Gasteiger partial charge is 0.252 e. The maximum Gasteiger partial charge on any atom is 0.252 e. The number of Topliss-reactive ketones (excluding diaryl/α,β-unsaturated/α-hetero) is 1. The van der Waals surface area contributed by atoms with Gasteiger partial charge in [-0.3, -0.25) is 4.79 Å². The lowest BCUT2D eigenvalue weighted by atomic mass is 10.1. The summed E-state index contributed by atoms with van der Waals surface area (Å²) in [5.74, 6) is 4.11. The fourth-order valence-electron chi connectivity index (χ4n) is 0.789. The number of hydrogen-bond donors (Lipinski definition) is 0. The highest BCUT2D eigenvalue weighted by Crippen LogP contribution is 2.24. The Morgan fingerprint density at radius 1 is 1.14 bits per heavy atom. The molecule has 0 radical (unpaired) electrons. The predicted octanol–water partition coefficient (Wildman–Crippen LogP) is 3.24. The predicted molar refractivity (Wildman–Crippen MR) is 58.8 cm³/mol. The number of rotatable bonds is 1. The van der Waals surface area contributed by atoms with Crippen LogP contribution >= 0.6 is 34.8 Å². The van der Waals surface area contributed by atoms with E-state index in [0.717, 1.165) is 0 Å². The van der Waals surface area contributed by atoms with Crippen molar-refractivity contribution >= 4 is 40.6 Å². The second-order valence-electron chi connectivity index (χ2n) is 2.44. The summed E-state index contributed by atoms with van der Waals surface area (Å²) in [4.78, 5) is 11.3. The molecule has 0 aliphatic rings. The monoisotopic (exact) mass is 246 g/mol. The summed E-state index contributed by atoms with van der Waals surface area (Å²) in [6.45, 7) is 0. The van der Waals surface area contributed by atoms with Crippen LogP contribution in [0.4, 0.5) is 0 Å². The lowest BCUT2D eigenvalue weighted by Gasteiger charge is -1.97. The molecule has 0 saturated heterocycles. The van der Waals surface area contributed by atoms with Gasteiger partial charge in [-0.15, -0.1) is 0 Å². The Bertz CT molecular complexity index is 381. The molecule has 0 amide bonds. The molecule has 1 aromatic rings. The molecule has 0 aliphatic heterocycles. The highest BCUT2D eigenvalue weighted by molar-refractivity contribution is 6.69. The third kappa shape index (κ3) is 4.02. The van der Waals surface area contributed by atoms with E-state index in [-0.39, 0.29) is 5.78 Å². The van der Waals surface area contributed by atoms with Crippen molar-refractivity contribution in [2.75, 3.05) is 0 Å². The number of hydrogen-bond acceptors (Lipinski definition) is 1. The molecule has 0 N–H and O–H groups in total. The maximum absolute atomic E-state index is 11.3. The Morgan fingerprint density at radius 2 is 1.71 bits per heavy atom. The van der Waals surface area contributed by atoms with Gasteiger partial charge in [0.1, 0.15) is 0 Å². The van der Waals surface area contributed by atoms with Gasteiger partial charge in [-0.25, -0.2) is 0 Å². The van der Waals surface area contributed by atoms with Crippen LogP contribution in [0.1, 0.15) is 10.4 Å². The van der Waals surface area contributed by atoms with Crippen molar-refractivity contribution in [1.82, 2.24) is 0 Å². The second kappa shape index (κ2) is 4.70. The van der Waals surface area contributed by atoms with E-state index in [1.807, 2.05) is 0 Å². The normalized spacial score (nSPS) is 10.2. The van der Waals surface area contributed by atoms with Gasteiger partial charge in [-0.2, -0.15) is 0 Å². The lowest BCUT2D eigenvalue weighted by molar-refractivity contribution is 0.105. The first-order chi connectivity index (χ1) is 6.49. The van der Waals surface area contributed by atoms with Gasteiger partial charge in [0.15, 0.2) is 0 Å². The first-order valence-electron chi connectivity index (χ1n) is 3.68. The van der Waals surface area contributed by atoms with Crippen LogP contribution in [0.2, 0.25) is 0 Å². The number of halogens is 3. The zero-order valence-corrected chi connectivity index (χ0v) is 9.20. The van der Waals surface area contributed by atoms with E-state index >= 15 is 0 Å². The van der Waals surface area contributed by atoms with Crippen LogP contribution in [0.5, 0.6) is 0 Å². The third-order valence-corrected chi connectivity index (χ3v) is 1.64. The zero-order valence-electron chi connectivity index (χ0n) is 6.93. The molecule has 0 unspecified atom stereocenters. The maximum atomic E-state index is 11.3. The molecular weight excluding hydrogens is 242 g/mol. The molecular formula is C10H5Cl3O. The number of alkyl halides is 3. The van der Waals surface area contributed by atoms with Gasteiger partial charge in [-0.1, -0.05) is 65.1 Å². The minimum atomic E-state index is -1.70. The minimum absolute atomic E-state index is 0.364. The Hall–Kier alpha value is -0.680.